The van der Waals surface area contributed by atoms with Gasteiger partial charge in [-0.3, -0.25) is 9.59 Å². The summed E-state index contributed by atoms with van der Waals surface area (Å²) in [5.41, 5.74) is -1.70. The van der Waals surface area contributed by atoms with Gasteiger partial charge in [-0.2, -0.15) is 0 Å². The van der Waals surface area contributed by atoms with Crippen molar-refractivity contribution in [1.82, 2.24) is 19.8 Å². The van der Waals surface area contributed by atoms with Gasteiger partial charge in [-0.05, 0) is 34.6 Å². The van der Waals surface area contributed by atoms with Crippen LogP contribution in [0.5, 0.6) is 0 Å². The first-order valence-corrected chi connectivity index (χ1v) is 8.58. The quantitative estimate of drug-likeness (QED) is 0.785. The number of ether oxygens (including phenoxy) is 1. The summed E-state index contributed by atoms with van der Waals surface area (Å²) in [6.07, 6.45) is -3.16. The normalized spacial score (nSPS) is 15.1. The first-order chi connectivity index (χ1) is 12.4. The van der Waals surface area contributed by atoms with Crippen LogP contribution in [0.3, 0.4) is 0 Å². The minimum Gasteiger partial charge on any atom is -0.444 e. The molecule has 0 saturated carbocycles. The number of likely N-dealkylation sites (tertiary alicyclic amines) is 1. The van der Waals surface area contributed by atoms with Gasteiger partial charge in [0.25, 0.3) is 12.3 Å². The molecule has 0 aromatic carbocycles. The molecule has 1 aromatic rings. The second-order valence-corrected chi connectivity index (χ2v) is 7.64. The average molecular weight is 386 g/mol. The Bertz CT molecular complexity index is 734. The monoisotopic (exact) mass is 386 g/mol. The van der Waals surface area contributed by atoms with Gasteiger partial charge in [0.1, 0.15) is 17.0 Å². The zero-order valence-electron chi connectivity index (χ0n) is 16.0. The van der Waals surface area contributed by atoms with Crippen LogP contribution in [0.1, 0.15) is 73.9 Å². The van der Waals surface area contributed by atoms with Gasteiger partial charge < -0.3 is 19.5 Å². The molecule has 1 N–H and O–H groups in total. The van der Waals surface area contributed by atoms with Gasteiger partial charge in [0, 0.05) is 19.1 Å². The number of imidazole rings is 1. The predicted molar refractivity (Wildman–Crippen MR) is 92.0 cm³/mol. The summed E-state index contributed by atoms with van der Waals surface area (Å²) in [5, 5.41) is 2.61. The number of nitrogens with one attached hydrogen (secondary N) is 1. The summed E-state index contributed by atoms with van der Waals surface area (Å²) in [5.74, 6) is -0.983. The fourth-order valence-corrected chi connectivity index (χ4v) is 2.75. The highest BCUT2D eigenvalue weighted by Gasteiger charge is 2.37. The summed E-state index contributed by atoms with van der Waals surface area (Å²) in [6.45, 7) is 8.97. The molecule has 0 radical (unpaired) electrons. The van der Waals surface area contributed by atoms with Crippen molar-refractivity contribution in [2.24, 2.45) is 0 Å². The van der Waals surface area contributed by atoms with Crippen molar-refractivity contribution in [1.29, 1.82) is 0 Å². The molecule has 1 aliphatic heterocycles. The molecule has 0 aliphatic carbocycles. The van der Waals surface area contributed by atoms with E-state index >= 15 is 0 Å². The van der Waals surface area contributed by atoms with Crippen LogP contribution in [0.4, 0.5) is 13.6 Å². The van der Waals surface area contributed by atoms with E-state index in [1.165, 1.54) is 9.47 Å². The van der Waals surface area contributed by atoms with Crippen LogP contribution in [0.2, 0.25) is 0 Å². The summed E-state index contributed by atoms with van der Waals surface area (Å²) in [4.78, 5) is 40.6. The average Bonchev–Trinajstić information content (AvgIpc) is 2.88. The maximum absolute atomic E-state index is 13.3. The number of alkyl halides is 2. The Hall–Kier alpha value is -2.52. The number of rotatable bonds is 5. The van der Waals surface area contributed by atoms with Crippen LogP contribution in [-0.2, 0) is 4.74 Å². The zero-order chi connectivity index (χ0) is 20.5. The Labute approximate surface area is 155 Å². The number of aldehydes is 1. The number of halogens is 2. The number of hydrogen-bond acceptors (Lipinski definition) is 5. The molecule has 1 saturated heterocycles. The van der Waals surface area contributed by atoms with Gasteiger partial charge in [-0.15, -0.1) is 0 Å². The predicted octanol–water partition coefficient (Wildman–Crippen LogP) is 2.56. The highest BCUT2D eigenvalue weighted by Crippen LogP contribution is 2.26. The highest BCUT2D eigenvalue weighted by molar-refractivity contribution is 5.95. The molecule has 0 atom stereocenters. The first-order valence-electron chi connectivity index (χ1n) is 8.58. The van der Waals surface area contributed by atoms with Crippen molar-refractivity contribution in [2.75, 3.05) is 13.1 Å². The lowest BCUT2D eigenvalue weighted by Gasteiger charge is -2.40. The first kappa shape index (κ1) is 20.8. The Morgan fingerprint density at radius 1 is 1.30 bits per heavy atom. The molecule has 2 rings (SSSR count). The third-order valence-electron chi connectivity index (χ3n) is 3.88. The van der Waals surface area contributed by atoms with Gasteiger partial charge in [-0.25, -0.2) is 18.6 Å². The standard InChI is InChI=1S/C17H24F2N4O4/c1-9(2)23-11(8-24)21-12(14(18)19)13(23)15(25)20-10-6-22(7-10)16(26)27-17(3,4)5/h8-10,14H,6-7H2,1-5H3,(H,20,25). The Kier molecular flexibility index (Phi) is 5.86. The second kappa shape index (κ2) is 7.61. The summed E-state index contributed by atoms with van der Waals surface area (Å²) >= 11 is 0. The van der Waals surface area contributed by atoms with Crippen LogP contribution >= 0.6 is 0 Å². The topological polar surface area (TPSA) is 93.5 Å². The number of amides is 2. The van der Waals surface area contributed by atoms with Crippen LogP contribution in [0, 0.1) is 0 Å². The molecule has 1 aliphatic rings. The molecule has 2 amide bonds. The summed E-state index contributed by atoms with van der Waals surface area (Å²) in [6, 6.07) is -0.809. The van der Waals surface area contributed by atoms with Crippen molar-refractivity contribution >= 4 is 18.3 Å². The van der Waals surface area contributed by atoms with Gasteiger partial charge >= 0.3 is 6.09 Å². The second-order valence-electron chi connectivity index (χ2n) is 7.64. The molecule has 27 heavy (non-hydrogen) atoms. The molecule has 0 bridgehead atoms. The maximum atomic E-state index is 13.3. The number of carbonyl (C=O) groups is 3. The van der Waals surface area contributed by atoms with Crippen LogP contribution < -0.4 is 5.32 Å². The van der Waals surface area contributed by atoms with Gasteiger partial charge in [0.2, 0.25) is 0 Å². The van der Waals surface area contributed by atoms with Crippen LogP contribution in [0.25, 0.3) is 0 Å². The van der Waals surface area contributed by atoms with E-state index in [0.717, 1.165) is 0 Å². The molecule has 1 aromatic heterocycles. The summed E-state index contributed by atoms with van der Waals surface area (Å²) in [7, 11) is 0. The Morgan fingerprint density at radius 2 is 1.89 bits per heavy atom. The van der Waals surface area contributed by atoms with Gasteiger partial charge in [0.15, 0.2) is 12.1 Å². The smallest absolute Gasteiger partial charge is 0.410 e. The van der Waals surface area contributed by atoms with E-state index in [1.54, 1.807) is 34.6 Å². The Morgan fingerprint density at radius 3 is 2.33 bits per heavy atom. The zero-order valence-corrected chi connectivity index (χ0v) is 16.0. The van der Waals surface area contributed by atoms with Crippen molar-refractivity contribution in [2.45, 2.75) is 58.7 Å². The largest absolute Gasteiger partial charge is 0.444 e. The molecule has 10 heteroatoms. The van der Waals surface area contributed by atoms with E-state index in [9.17, 15) is 23.2 Å². The third kappa shape index (κ3) is 4.61. The van der Waals surface area contributed by atoms with E-state index in [4.69, 9.17) is 4.74 Å². The number of carbonyl (C=O) groups excluding carboxylic acids is 3. The van der Waals surface area contributed by atoms with E-state index < -0.39 is 41.8 Å². The molecular formula is C17H24F2N4O4. The summed E-state index contributed by atoms with van der Waals surface area (Å²) < 4.78 is 33.0. The van der Waals surface area contributed by atoms with Crippen molar-refractivity contribution in [3.8, 4) is 0 Å². The maximum Gasteiger partial charge on any atom is 0.410 e. The number of aromatic nitrogens is 2. The molecule has 8 nitrogen and oxygen atoms in total. The molecule has 1 fully saturated rings. The number of nitrogens with zero attached hydrogens (tertiary/aromatic N) is 3. The Balaban J connectivity index is 2.10. The molecule has 2 heterocycles. The highest BCUT2D eigenvalue weighted by atomic mass is 19.3. The van der Waals surface area contributed by atoms with Gasteiger partial charge in [0.05, 0.1) is 6.04 Å². The molecule has 0 spiro atoms. The fourth-order valence-electron chi connectivity index (χ4n) is 2.75. The fraction of sp³-hybridized carbons (Fsp3) is 0.647. The van der Waals surface area contributed by atoms with Crippen LogP contribution in [-0.4, -0.2) is 57.5 Å². The lowest BCUT2D eigenvalue weighted by Crippen LogP contribution is -2.61. The minimum absolute atomic E-state index is 0.209. The van der Waals surface area contributed by atoms with E-state index in [-0.39, 0.29) is 24.6 Å². The third-order valence-corrected chi connectivity index (χ3v) is 3.88. The minimum atomic E-state index is -3.00. The molecule has 150 valence electrons. The van der Waals surface area contributed by atoms with Crippen LogP contribution in [0.15, 0.2) is 0 Å². The van der Waals surface area contributed by atoms with Gasteiger partial charge in [-0.1, -0.05) is 0 Å². The lowest BCUT2D eigenvalue weighted by atomic mass is 10.1. The van der Waals surface area contributed by atoms with E-state index in [0.29, 0.717) is 6.29 Å². The molecule has 0 unspecified atom stereocenters. The lowest BCUT2D eigenvalue weighted by molar-refractivity contribution is 0.00526. The van der Waals surface area contributed by atoms with Crippen molar-refractivity contribution < 1.29 is 27.9 Å². The number of hydrogen-bond donors (Lipinski definition) is 1. The van der Waals surface area contributed by atoms with Crippen molar-refractivity contribution in [3.05, 3.63) is 17.2 Å². The SMILES string of the molecule is CC(C)n1c(C=O)nc(C(F)F)c1C(=O)NC1CN(C(=O)OC(C)(C)C)C1. The molecular weight excluding hydrogens is 362 g/mol. The van der Waals surface area contributed by atoms with E-state index in [1.807, 2.05) is 0 Å². The van der Waals surface area contributed by atoms with Crippen molar-refractivity contribution in [3.63, 3.8) is 0 Å². The van der Waals surface area contributed by atoms with E-state index in [2.05, 4.69) is 10.3 Å².